The maximum atomic E-state index is 13.4. The topological polar surface area (TPSA) is 42.0 Å². The molecule has 162 valence electrons. The van der Waals surface area contributed by atoms with Crippen LogP contribution in [0.2, 0.25) is 0 Å². The zero-order valence-corrected chi connectivity index (χ0v) is 18.6. The van der Waals surface area contributed by atoms with Gasteiger partial charge in [-0.1, -0.05) is 44.2 Å². The SMILES string of the molecule is COc1cc(C(=O)N(CC(C)C)C2CCN(C)CC2)ccc1OCc1ccccc1. The van der Waals surface area contributed by atoms with E-state index in [0.29, 0.717) is 29.6 Å². The Morgan fingerprint density at radius 1 is 1.10 bits per heavy atom. The number of benzene rings is 2. The number of ether oxygens (including phenoxy) is 2. The Bertz CT molecular complexity index is 814. The highest BCUT2D eigenvalue weighted by atomic mass is 16.5. The molecule has 2 aromatic rings. The minimum Gasteiger partial charge on any atom is -0.493 e. The number of hydrogen-bond acceptors (Lipinski definition) is 4. The Kier molecular flexibility index (Phi) is 7.75. The second kappa shape index (κ2) is 10.5. The first-order valence-corrected chi connectivity index (χ1v) is 10.8. The number of piperidine rings is 1. The minimum atomic E-state index is 0.0752. The fraction of sp³-hybridized carbons (Fsp3) is 0.480. The van der Waals surface area contributed by atoms with Gasteiger partial charge in [-0.3, -0.25) is 4.79 Å². The third kappa shape index (κ3) is 5.76. The van der Waals surface area contributed by atoms with E-state index in [1.807, 2.05) is 48.5 Å². The van der Waals surface area contributed by atoms with Crippen LogP contribution in [-0.2, 0) is 6.61 Å². The van der Waals surface area contributed by atoms with Gasteiger partial charge in [0.25, 0.3) is 5.91 Å². The van der Waals surface area contributed by atoms with Gasteiger partial charge in [-0.15, -0.1) is 0 Å². The molecule has 3 rings (SSSR count). The van der Waals surface area contributed by atoms with Crippen molar-refractivity contribution in [2.45, 2.75) is 39.3 Å². The van der Waals surface area contributed by atoms with Crippen LogP contribution in [0.4, 0.5) is 0 Å². The maximum absolute atomic E-state index is 13.4. The van der Waals surface area contributed by atoms with Crippen LogP contribution in [0.5, 0.6) is 11.5 Å². The normalized spacial score (nSPS) is 15.2. The predicted octanol–water partition coefficient (Wildman–Crippen LogP) is 4.47. The number of methoxy groups -OCH3 is 1. The van der Waals surface area contributed by atoms with Crippen LogP contribution in [0.15, 0.2) is 48.5 Å². The molecule has 2 aromatic carbocycles. The van der Waals surface area contributed by atoms with Gasteiger partial charge < -0.3 is 19.3 Å². The quantitative estimate of drug-likeness (QED) is 0.644. The summed E-state index contributed by atoms with van der Waals surface area (Å²) in [6.45, 7) is 7.61. The fourth-order valence-corrected chi connectivity index (χ4v) is 3.92. The Balaban J connectivity index is 1.76. The van der Waals surface area contributed by atoms with E-state index in [1.54, 1.807) is 7.11 Å². The van der Waals surface area contributed by atoms with Crippen LogP contribution in [-0.4, -0.2) is 55.5 Å². The Morgan fingerprint density at radius 3 is 2.43 bits per heavy atom. The molecule has 0 N–H and O–H groups in total. The number of rotatable bonds is 8. The van der Waals surface area contributed by atoms with E-state index < -0.39 is 0 Å². The molecular weight excluding hydrogens is 376 g/mol. The second-order valence-electron chi connectivity index (χ2n) is 8.53. The zero-order valence-electron chi connectivity index (χ0n) is 18.6. The van der Waals surface area contributed by atoms with E-state index in [2.05, 4.69) is 30.7 Å². The molecule has 1 aliphatic heterocycles. The Morgan fingerprint density at radius 2 is 1.80 bits per heavy atom. The van der Waals surface area contributed by atoms with Crippen LogP contribution < -0.4 is 9.47 Å². The summed E-state index contributed by atoms with van der Waals surface area (Å²) in [6, 6.07) is 15.8. The summed E-state index contributed by atoms with van der Waals surface area (Å²) in [5.74, 6) is 1.73. The molecule has 0 atom stereocenters. The molecule has 1 fully saturated rings. The lowest BCUT2D eigenvalue weighted by molar-refractivity contribution is 0.0559. The van der Waals surface area contributed by atoms with Crippen molar-refractivity contribution in [2.75, 3.05) is 33.8 Å². The average molecular weight is 411 g/mol. The van der Waals surface area contributed by atoms with Crippen LogP contribution in [0, 0.1) is 5.92 Å². The molecule has 0 aromatic heterocycles. The zero-order chi connectivity index (χ0) is 21.5. The van der Waals surface area contributed by atoms with Gasteiger partial charge in [0.15, 0.2) is 11.5 Å². The van der Waals surface area contributed by atoms with E-state index in [4.69, 9.17) is 9.47 Å². The molecular formula is C25H34N2O3. The molecule has 0 saturated carbocycles. The lowest BCUT2D eigenvalue weighted by Crippen LogP contribution is -2.47. The summed E-state index contributed by atoms with van der Waals surface area (Å²) in [7, 11) is 3.76. The monoisotopic (exact) mass is 410 g/mol. The van der Waals surface area contributed by atoms with Crippen molar-refractivity contribution >= 4 is 5.91 Å². The molecule has 5 nitrogen and oxygen atoms in total. The standard InChI is InChI=1S/C25H34N2O3/c1-19(2)17-27(22-12-14-26(3)15-13-22)25(28)21-10-11-23(24(16-21)29-4)30-18-20-8-6-5-7-9-20/h5-11,16,19,22H,12-15,17-18H2,1-4H3. The Hall–Kier alpha value is -2.53. The van der Waals surface area contributed by atoms with E-state index in [9.17, 15) is 4.79 Å². The van der Waals surface area contributed by atoms with Crippen molar-refractivity contribution in [3.63, 3.8) is 0 Å². The van der Waals surface area contributed by atoms with Gasteiger partial charge in [-0.05, 0) is 62.7 Å². The summed E-state index contributed by atoms with van der Waals surface area (Å²) < 4.78 is 11.5. The number of nitrogens with zero attached hydrogens (tertiary/aromatic N) is 2. The number of amides is 1. The Labute approximate surface area is 180 Å². The third-order valence-electron chi connectivity index (χ3n) is 5.60. The highest BCUT2D eigenvalue weighted by molar-refractivity contribution is 5.95. The fourth-order valence-electron chi connectivity index (χ4n) is 3.92. The molecule has 0 unspecified atom stereocenters. The second-order valence-corrected chi connectivity index (χ2v) is 8.53. The molecule has 1 amide bonds. The van der Waals surface area contributed by atoms with Gasteiger partial charge >= 0.3 is 0 Å². The smallest absolute Gasteiger partial charge is 0.254 e. The van der Waals surface area contributed by atoms with E-state index in [-0.39, 0.29) is 11.9 Å². The lowest BCUT2D eigenvalue weighted by Gasteiger charge is -2.38. The molecule has 1 heterocycles. The largest absolute Gasteiger partial charge is 0.493 e. The first kappa shape index (κ1) is 22.2. The molecule has 0 bridgehead atoms. The van der Waals surface area contributed by atoms with Crippen molar-refractivity contribution in [1.82, 2.24) is 9.80 Å². The van der Waals surface area contributed by atoms with Gasteiger partial charge in [-0.2, -0.15) is 0 Å². The molecule has 30 heavy (non-hydrogen) atoms. The molecule has 1 saturated heterocycles. The number of carbonyl (C=O) groups is 1. The summed E-state index contributed by atoms with van der Waals surface area (Å²) in [5, 5.41) is 0. The number of likely N-dealkylation sites (tertiary alicyclic amines) is 1. The van der Waals surface area contributed by atoms with Crippen LogP contribution in [0.3, 0.4) is 0 Å². The van der Waals surface area contributed by atoms with Gasteiger partial charge in [0.05, 0.1) is 7.11 Å². The highest BCUT2D eigenvalue weighted by Crippen LogP contribution is 2.30. The van der Waals surface area contributed by atoms with Gasteiger partial charge in [0.1, 0.15) is 6.61 Å². The third-order valence-corrected chi connectivity index (χ3v) is 5.60. The number of carbonyl (C=O) groups excluding carboxylic acids is 1. The molecule has 0 radical (unpaired) electrons. The van der Waals surface area contributed by atoms with Crippen LogP contribution >= 0.6 is 0 Å². The van der Waals surface area contributed by atoms with E-state index in [1.165, 1.54) is 0 Å². The minimum absolute atomic E-state index is 0.0752. The van der Waals surface area contributed by atoms with Gasteiger partial charge in [-0.25, -0.2) is 0 Å². The summed E-state index contributed by atoms with van der Waals surface area (Å²) >= 11 is 0. The first-order valence-electron chi connectivity index (χ1n) is 10.8. The van der Waals surface area contributed by atoms with Crippen molar-refractivity contribution in [3.8, 4) is 11.5 Å². The average Bonchev–Trinajstić information content (AvgIpc) is 2.76. The molecule has 0 aliphatic carbocycles. The van der Waals surface area contributed by atoms with Crippen LogP contribution in [0.25, 0.3) is 0 Å². The summed E-state index contributed by atoms with van der Waals surface area (Å²) in [6.07, 6.45) is 2.04. The highest BCUT2D eigenvalue weighted by Gasteiger charge is 2.28. The van der Waals surface area contributed by atoms with Crippen molar-refractivity contribution in [1.29, 1.82) is 0 Å². The van der Waals surface area contributed by atoms with E-state index >= 15 is 0 Å². The molecule has 0 spiro atoms. The van der Waals surface area contributed by atoms with Crippen LogP contribution in [0.1, 0.15) is 42.6 Å². The van der Waals surface area contributed by atoms with Gasteiger partial charge in [0, 0.05) is 18.2 Å². The van der Waals surface area contributed by atoms with Crippen molar-refractivity contribution in [3.05, 3.63) is 59.7 Å². The van der Waals surface area contributed by atoms with Crippen molar-refractivity contribution < 1.29 is 14.3 Å². The maximum Gasteiger partial charge on any atom is 0.254 e. The predicted molar refractivity (Wildman–Crippen MR) is 120 cm³/mol. The van der Waals surface area contributed by atoms with Crippen molar-refractivity contribution in [2.24, 2.45) is 5.92 Å². The number of hydrogen-bond donors (Lipinski definition) is 0. The summed E-state index contributed by atoms with van der Waals surface area (Å²) in [4.78, 5) is 17.8. The summed E-state index contributed by atoms with van der Waals surface area (Å²) in [5.41, 5.74) is 1.74. The molecule has 1 aliphatic rings. The first-order chi connectivity index (χ1) is 14.5. The lowest BCUT2D eigenvalue weighted by atomic mass is 10.0. The molecule has 5 heteroatoms. The van der Waals surface area contributed by atoms with E-state index in [0.717, 1.165) is 38.0 Å². The van der Waals surface area contributed by atoms with Gasteiger partial charge in [0.2, 0.25) is 0 Å².